The summed E-state index contributed by atoms with van der Waals surface area (Å²) in [6.45, 7) is 10.4. The van der Waals surface area contributed by atoms with E-state index in [2.05, 4.69) is 34.8 Å². The zero-order valence-electron chi connectivity index (χ0n) is 20.0. The molecule has 0 saturated heterocycles. The Morgan fingerprint density at radius 2 is 1.94 bits per heavy atom. The van der Waals surface area contributed by atoms with Gasteiger partial charge in [0.25, 0.3) is 0 Å². The van der Waals surface area contributed by atoms with Crippen molar-refractivity contribution in [2.75, 3.05) is 6.54 Å². The smallest absolute Gasteiger partial charge is 0.407 e. The van der Waals surface area contributed by atoms with Gasteiger partial charge in [-0.15, -0.1) is 0 Å². The lowest BCUT2D eigenvalue weighted by atomic mass is 9.98. The van der Waals surface area contributed by atoms with Crippen molar-refractivity contribution in [1.29, 1.82) is 0 Å². The Labute approximate surface area is 190 Å². The van der Waals surface area contributed by atoms with E-state index in [9.17, 15) is 4.79 Å². The molecule has 0 aliphatic rings. The molecule has 2 heterocycles. The lowest BCUT2D eigenvalue weighted by Crippen LogP contribution is -2.35. The first kappa shape index (κ1) is 24.0. The Hall–Kier alpha value is -2.67. The number of nitrogens with one attached hydrogen (secondary N) is 1. The van der Waals surface area contributed by atoms with Gasteiger partial charge in [0.2, 0.25) is 0 Å². The number of carbonyl (C=O) groups excluding carboxylic acids is 1. The van der Waals surface area contributed by atoms with Crippen LogP contribution in [0.25, 0.3) is 21.9 Å². The number of alkyl carbamates (subject to hydrolysis) is 1. The number of rotatable bonds is 9. The van der Waals surface area contributed by atoms with Gasteiger partial charge in [-0.3, -0.25) is 4.98 Å². The second-order valence-electron chi connectivity index (χ2n) is 9.35. The molecule has 0 spiro atoms. The standard InChI is InChI=1S/C25H37N5O2/c1-6-11-18(26)21(14-10-15-27-24(31)32-25(3,4)5)30-22(7-2)29-20-16-28-19-13-9-8-12-17(19)23(20)30/h8-9,12-13,16,18,21H,6-7,10-11,14-15,26H2,1-5H3,(H,27,31). The number of aryl methyl sites for hydroxylation is 1. The second-order valence-corrected chi connectivity index (χ2v) is 9.35. The summed E-state index contributed by atoms with van der Waals surface area (Å²) in [5.74, 6) is 1.02. The average molecular weight is 440 g/mol. The van der Waals surface area contributed by atoms with Crippen LogP contribution in [0.1, 0.15) is 72.2 Å². The van der Waals surface area contributed by atoms with E-state index in [0.29, 0.717) is 6.54 Å². The van der Waals surface area contributed by atoms with Gasteiger partial charge in [-0.05, 0) is 46.1 Å². The summed E-state index contributed by atoms with van der Waals surface area (Å²) in [4.78, 5) is 21.5. The molecule has 0 fully saturated rings. The molecule has 2 atom stereocenters. The molecule has 7 heteroatoms. The van der Waals surface area contributed by atoms with Gasteiger partial charge in [0, 0.05) is 24.4 Å². The summed E-state index contributed by atoms with van der Waals surface area (Å²) < 4.78 is 7.69. The number of hydrogen-bond donors (Lipinski definition) is 2. The van der Waals surface area contributed by atoms with Crippen molar-refractivity contribution in [2.45, 2.75) is 84.4 Å². The van der Waals surface area contributed by atoms with Crippen LogP contribution in [0.5, 0.6) is 0 Å². The summed E-state index contributed by atoms with van der Waals surface area (Å²) >= 11 is 0. The van der Waals surface area contributed by atoms with E-state index >= 15 is 0 Å². The second kappa shape index (κ2) is 10.3. The van der Waals surface area contributed by atoms with Crippen molar-refractivity contribution in [3.05, 3.63) is 36.3 Å². The molecule has 174 valence electrons. The summed E-state index contributed by atoms with van der Waals surface area (Å²) in [6.07, 6.45) is 5.87. The van der Waals surface area contributed by atoms with Crippen LogP contribution in [0.3, 0.4) is 0 Å². The van der Waals surface area contributed by atoms with Crippen molar-refractivity contribution in [2.24, 2.45) is 5.73 Å². The van der Waals surface area contributed by atoms with E-state index in [1.165, 1.54) is 0 Å². The fourth-order valence-corrected chi connectivity index (χ4v) is 4.26. The summed E-state index contributed by atoms with van der Waals surface area (Å²) in [5.41, 5.74) is 9.19. The minimum Gasteiger partial charge on any atom is -0.444 e. The van der Waals surface area contributed by atoms with Gasteiger partial charge in [0.1, 0.15) is 16.9 Å². The molecule has 7 nitrogen and oxygen atoms in total. The number of fused-ring (bicyclic) bond motifs is 3. The number of amides is 1. The number of pyridine rings is 1. The highest BCUT2D eigenvalue weighted by molar-refractivity contribution is 6.02. The number of carbonyl (C=O) groups is 1. The first-order chi connectivity index (χ1) is 15.2. The Morgan fingerprint density at radius 1 is 1.19 bits per heavy atom. The van der Waals surface area contributed by atoms with Crippen LogP contribution in [0.2, 0.25) is 0 Å². The molecule has 3 N–H and O–H groups in total. The van der Waals surface area contributed by atoms with E-state index in [-0.39, 0.29) is 18.2 Å². The lowest BCUT2D eigenvalue weighted by Gasteiger charge is -2.28. The van der Waals surface area contributed by atoms with Gasteiger partial charge in [-0.2, -0.15) is 0 Å². The highest BCUT2D eigenvalue weighted by Crippen LogP contribution is 2.32. The van der Waals surface area contributed by atoms with Crippen LogP contribution in [-0.4, -0.2) is 38.8 Å². The third-order valence-electron chi connectivity index (χ3n) is 5.61. The molecule has 2 unspecified atom stereocenters. The first-order valence-corrected chi connectivity index (χ1v) is 11.7. The van der Waals surface area contributed by atoms with Gasteiger partial charge in [0.05, 0.1) is 23.3 Å². The third kappa shape index (κ3) is 5.57. The topological polar surface area (TPSA) is 95.1 Å². The summed E-state index contributed by atoms with van der Waals surface area (Å²) in [6, 6.07) is 8.26. The number of para-hydroxylation sites is 1. The van der Waals surface area contributed by atoms with E-state index in [4.69, 9.17) is 15.5 Å². The quantitative estimate of drug-likeness (QED) is 0.451. The van der Waals surface area contributed by atoms with Crippen molar-refractivity contribution in [3.8, 4) is 0 Å². The lowest BCUT2D eigenvalue weighted by molar-refractivity contribution is 0.0526. The van der Waals surface area contributed by atoms with Crippen LogP contribution < -0.4 is 11.1 Å². The van der Waals surface area contributed by atoms with Crippen LogP contribution in [-0.2, 0) is 11.2 Å². The van der Waals surface area contributed by atoms with E-state index in [1.54, 1.807) is 0 Å². The molecule has 0 radical (unpaired) electrons. The zero-order valence-corrected chi connectivity index (χ0v) is 20.0. The molecular weight excluding hydrogens is 402 g/mol. The van der Waals surface area contributed by atoms with Crippen molar-refractivity contribution < 1.29 is 9.53 Å². The van der Waals surface area contributed by atoms with Crippen molar-refractivity contribution in [1.82, 2.24) is 19.9 Å². The summed E-state index contributed by atoms with van der Waals surface area (Å²) in [7, 11) is 0. The molecule has 3 rings (SSSR count). The Bertz CT molecular complexity index is 1050. The van der Waals surface area contributed by atoms with E-state index in [1.807, 2.05) is 45.2 Å². The van der Waals surface area contributed by atoms with Crippen molar-refractivity contribution >= 4 is 28.0 Å². The van der Waals surface area contributed by atoms with Crippen LogP contribution >= 0.6 is 0 Å². The molecule has 2 aromatic heterocycles. The molecule has 0 aliphatic heterocycles. The van der Waals surface area contributed by atoms with Crippen LogP contribution in [0, 0.1) is 0 Å². The fourth-order valence-electron chi connectivity index (χ4n) is 4.26. The fraction of sp³-hybridized carbons (Fsp3) is 0.560. The number of nitrogens with two attached hydrogens (primary N) is 1. The highest BCUT2D eigenvalue weighted by Gasteiger charge is 2.25. The molecule has 0 aliphatic carbocycles. The molecule has 1 aromatic carbocycles. The molecule has 0 saturated carbocycles. The predicted molar refractivity (Wildman–Crippen MR) is 130 cm³/mol. The van der Waals surface area contributed by atoms with Gasteiger partial charge >= 0.3 is 6.09 Å². The predicted octanol–water partition coefficient (Wildman–Crippen LogP) is 5.12. The molecule has 3 aromatic rings. The Morgan fingerprint density at radius 3 is 2.62 bits per heavy atom. The monoisotopic (exact) mass is 439 g/mol. The number of hydrogen-bond acceptors (Lipinski definition) is 5. The number of nitrogens with zero attached hydrogens (tertiary/aromatic N) is 3. The number of benzene rings is 1. The van der Waals surface area contributed by atoms with Crippen molar-refractivity contribution in [3.63, 3.8) is 0 Å². The maximum absolute atomic E-state index is 12.0. The normalized spacial score (nSPS) is 13.9. The number of ether oxygens (including phenoxy) is 1. The summed E-state index contributed by atoms with van der Waals surface area (Å²) in [5, 5.41) is 3.96. The SMILES string of the molecule is CCCC(N)C(CCCNC(=O)OC(C)(C)C)n1c(CC)nc2cnc3ccccc3c21. The van der Waals surface area contributed by atoms with Gasteiger partial charge in [0.15, 0.2) is 0 Å². The van der Waals surface area contributed by atoms with Gasteiger partial charge in [-0.1, -0.05) is 38.5 Å². The van der Waals surface area contributed by atoms with Crippen LogP contribution in [0.15, 0.2) is 30.5 Å². The van der Waals surface area contributed by atoms with E-state index in [0.717, 1.165) is 59.9 Å². The number of imidazole rings is 1. The molecule has 32 heavy (non-hydrogen) atoms. The maximum Gasteiger partial charge on any atom is 0.407 e. The molecular formula is C25H37N5O2. The molecule has 1 amide bonds. The molecule has 0 bridgehead atoms. The zero-order chi connectivity index (χ0) is 23.3. The minimum atomic E-state index is -0.503. The van der Waals surface area contributed by atoms with Gasteiger partial charge in [-0.25, -0.2) is 9.78 Å². The Balaban J connectivity index is 1.90. The van der Waals surface area contributed by atoms with Gasteiger partial charge < -0.3 is 20.4 Å². The maximum atomic E-state index is 12.0. The minimum absolute atomic E-state index is 0.00356. The van der Waals surface area contributed by atoms with Crippen LogP contribution in [0.4, 0.5) is 4.79 Å². The number of aromatic nitrogens is 3. The third-order valence-corrected chi connectivity index (χ3v) is 5.61. The van der Waals surface area contributed by atoms with E-state index < -0.39 is 5.60 Å². The average Bonchev–Trinajstić information content (AvgIpc) is 3.11. The highest BCUT2D eigenvalue weighted by atomic mass is 16.6. The largest absolute Gasteiger partial charge is 0.444 e. The Kier molecular flexibility index (Phi) is 7.72. The first-order valence-electron chi connectivity index (χ1n) is 11.7.